The lowest BCUT2D eigenvalue weighted by Gasteiger charge is -2.34. The van der Waals surface area contributed by atoms with E-state index in [1.807, 2.05) is 4.90 Å². The molecule has 1 aliphatic heterocycles. The Labute approximate surface area is 200 Å². The maximum atomic E-state index is 13.8. The van der Waals surface area contributed by atoms with Crippen molar-refractivity contribution in [1.82, 2.24) is 14.8 Å². The number of alkyl halides is 3. The van der Waals surface area contributed by atoms with E-state index < -0.39 is 17.6 Å². The molecule has 1 aliphatic rings. The Bertz CT molecular complexity index is 1070. The molecule has 176 valence electrons. The van der Waals surface area contributed by atoms with Crippen LogP contribution in [0.3, 0.4) is 0 Å². The number of carbonyl (C=O) groups excluding carboxylic acids is 1. The van der Waals surface area contributed by atoms with Gasteiger partial charge in [-0.15, -0.1) is 0 Å². The highest BCUT2D eigenvalue weighted by atomic mass is 32.1. The lowest BCUT2D eigenvalue weighted by atomic mass is 10.0. The van der Waals surface area contributed by atoms with Crippen LogP contribution < -0.4 is 11.1 Å². The average molecular weight is 496 g/mol. The van der Waals surface area contributed by atoms with Crippen molar-refractivity contribution in [3.8, 4) is 11.8 Å². The molecule has 0 spiro atoms. The maximum Gasteiger partial charge on any atom is 0.416 e. The number of nitrogens with zero attached hydrogens (tertiary/aromatic N) is 3. The van der Waals surface area contributed by atoms with Crippen LogP contribution in [0.1, 0.15) is 33.3 Å². The van der Waals surface area contributed by atoms with Crippen LogP contribution in [0.2, 0.25) is 0 Å². The van der Waals surface area contributed by atoms with Crippen molar-refractivity contribution in [3.63, 3.8) is 0 Å². The number of nitrogens with one attached hydrogen (secondary N) is 1. The van der Waals surface area contributed by atoms with Gasteiger partial charge in [0.2, 0.25) is 0 Å². The summed E-state index contributed by atoms with van der Waals surface area (Å²) in [5, 5.41) is 2.76. The number of rotatable bonds is 6. The Morgan fingerprint density at radius 3 is 2.61 bits per heavy atom. The second-order valence-electron chi connectivity index (χ2n) is 7.44. The number of anilines is 1. The predicted molar refractivity (Wildman–Crippen MR) is 127 cm³/mol. The van der Waals surface area contributed by atoms with E-state index in [2.05, 4.69) is 34.0 Å². The summed E-state index contributed by atoms with van der Waals surface area (Å²) < 4.78 is 41.3. The van der Waals surface area contributed by atoms with Crippen molar-refractivity contribution >= 4 is 39.5 Å². The highest BCUT2D eigenvalue weighted by molar-refractivity contribution is 7.81. The number of thiocarbonyl (C=S) groups is 1. The minimum atomic E-state index is -4.57. The number of hydrogen-bond acceptors (Lipinski definition) is 7. The van der Waals surface area contributed by atoms with E-state index in [-0.39, 0.29) is 29.3 Å². The maximum absolute atomic E-state index is 13.8. The summed E-state index contributed by atoms with van der Waals surface area (Å²) in [7, 11) is 0. The van der Waals surface area contributed by atoms with E-state index in [0.717, 1.165) is 37.0 Å². The number of benzene rings is 1. The van der Waals surface area contributed by atoms with Gasteiger partial charge in [0.1, 0.15) is 0 Å². The zero-order chi connectivity index (χ0) is 24.0. The van der Waals surface area contributed by atoms with Crippen molar-refractivity contribution < 1.29 is 18.0 Å². The van der Waals surface area contributed by atoms with Gasteiger partial charge in [0.05, 0.1) is 21.5 Å². The lowest BCUT2D eigenvalue weighted by Crippen LogP contribution is -2.45. The third kappa shape index (κ3) is 7.06. The number of aromatic nitrogens is 1. The average Bonchev–Trinajstić information content (AvgIpc) is 3.24. The van der Waals surface area contributed by atoms with Gasteiger partial charge in [-0.2, -0.15) is 13.2 Å². The number of carbonyl (C=O) groups is 1. The van der Waals surface area contributed by atoms with Crippen LogP contribution in [-0.4, -0.2) is 64.8 Å². The Morgan fingerprint density at radius 2 is 1.97 bits per heavy atom. The second kappa shape index (κ2) is 11.2. The van der Waals surface area contributed by atoms with Crippen molar-refractivity contribution in [1.29, 1.82) is 0 Å². The molecule has 2 heterocycles. The van der Waals surface area contributed by atoms with E-state index in [1.165, 1.54) is 18.3 Å². The van der Waals surface area contributed by atoms with Crippen molar-refractivity contribution in [3.05, 3.63) is 46.0 Å². The Hall–Kier alpha value is -2.36. The normalized spacial score (nSPS) is 15.1. The minimum absolute atomic E-state index is 0.0889. The monoisotopic (exact) mass is 495 g/mol. The van der Waals surface area contributed by atoms with E-state index >= 15 is 0 Å². The summed E-state index contributed by atoms with van der Waals surface area (Å²) in [4.78, 5) is 21.8. The Morgan fingerprint density at radius 1 is 1.27 bits per heavy atom. The van der Waals surface area contributed by atoms with Gasteiger partial charge < -0.3 is 10.6 Å². The number of amides is 1. The number of nitrogens with two attached hydrogens (primary N) is 1. The van der Waals surface area contributed by atoms with Crippen LogP contribution >= 0.6 is 23.6 Å². The van der Waals surface area contributed by atoms with Gasteiger partial charge in [-0.05, 0) is 30.2 Å². The third-order valence-electron chi connectivity index (χ3n) is 5.22. The molecule has 0 unspecified atom stereocenters. The molecule has 1 saturated heterocycles. The van der Waals surface area contributed by atoms with Crippen molar-refractivity contribution in [2.75, 3.05) is 44.6 Å². The SMILES string of the molecule is CCN1CCN(Cc2ccc(C(=O)Nc3ncc(C#CC(=S)CN)s3)cc2C(F)(F)F)CC1. The van der Waals surface area contributed by atoms with Crippen LogP contribution in [0, 0.1) is 11.8 Å². The highest BCUT2D eigenvalue weighted by Crippen LogP contribution is 2.34. The zero-order valence-electron chi connectivity index (χ0n) is 18.0. The molecular formula is C22H24F3N5OS2. The molecule has 1 aromatic heterocycles. The number of halogens is 3. The fraction of sp³-hybridized carbons (Fsp3) is 0.409. The van der Waals surface area contributed by atoms with Gasteiger partial charge >= 0.3 is 6.18 Å². The first-order valence-electron chi connectivity index (χ1n) is 10.4. The summed E-state index contributed by atoms with van der Waals surface area (Å²) in [6.07, 6.45) is -3.11. The van der Waals surface area contributed by atoms with Gasteiger partial charge in [0, 0.05) is 44.8 Å². The third-order valence-corrected chi connectivity index (χ3v) is 6.32. The molecule has 1 aromatic carbocycles. The van der Waals surface area contributed by atoms with E-state index in [1.54, 1.807) is 0 Å². The largest absolute Gasteiger partial charge is 0.416 e. The first kappa shape index (κ1) is 25.3. The van der Waals surface area contributed by atoms with Crippen molar-refractivity contribution in [2.24, 2.45) is 5.73 Å². The summed E-state index contributed by atoms with van der Waals surface area (Å²) in [5.41, 5.74) is 4.66. The Kier molecular flexibility index (Phi) is 8.56. The molecule has 0 atom stereocenters. The minimum Gasteiger partial charge on any atom is -0.325 e. The first-order valence-corrected chi connectivity index (χ1v) is 11.6. The summed E-state index contributed by atoms with van der Waals surface area (Å²) in [5.74, 6) is 4.82. The number of thiazole rings is 1. The lowest BCUT2D eigenvalue weighted by molar-refractivity contribution is -0.138. The summed E-state index contributed by atoms with van der Waals surface area (Å²) >= 11 is 6.03. The zero-order valence-corrected chi connectivity index (χ0v) is 19.7. The molecule has 6 nitrogen and oxygen atoms in total. The molecule has 0 saturated carbocycles. The first-order chi connectivity index (χ1) is 15.7. The standard InChI is InChI=1S/C22H24F3N5OS2/c1-2-29-7-9-30(10-8-29)14-16-4-3-15(11-19(16)22(23,24)25)20(31)28-21-27-13-18(33-21)6-5-17(32)12-26/h3-4,11,13H,2,7-10,12,14,26H2,1H3,(H,27,28,31). The molecule has 11 heteroatoms. The number of hydrogen-bond donors (Lipinski definition) is 2. The van der Waals surface area contributed by atoms with E-state index in [4.69, 9.17) is 18.0 Å². The van der Waals surface area contributed by atoms with E-state index in [9.17, 15) is 18.0 Å². The predicted octanol–water partition coefficient (Wildman–Crippen LogP) is 3.23. The molecule has 0 radical (unpaired) electrons. The molecule has 0 aliphatic carbocycles. The fourth-order valence-electron chi connectivity index (χ4n) is 3.37. The Balaban J connectivity index is 1.73. The summed E-state index contributed by atoms with van der Waals surface area (Å²) in [6, 6.07) is 3.70. The van der Waals surface area contributed by atoms with Gasteiger partial charge in [-0.25, -0.2) is 4.98 Å². The topological polar surface area (TPSA) is 74.5 Å². The quantitative estimate of drug-likeness (QED) is 0.474. The van der Waals surface area contributed by atoms with Crippen LogP contribution in [0.4, 0.5) is 18.3 Å². The molecule has 33 heavy (non-hydrogen) atoms. The number of likely N-dealkylation sites (N-methyl/N-ethyl adjacent to an activating group) is 1. The van der Waals surface area contributed by atoms with Gasteiger partial charge in [0.15, 0.2) is 5.13 Å². The molecule has 0 bridgehead atoms. The summed E-state index contributed by atoms with van der Waals surface area (Å²) in [6.45, 7) is 6.42. The van der Waals surface area contributed by atoms with Crippen LogP contribution in [0.5, 0.6) is 0 Å². The molecule has 1 fully saturated rings. The molecule has 3 rings (SSSR count). The van der Waals surface area contributed by atoms with Gasteiger partial charge in [-0.1, -0.05) is 42.5 Å². The molecular weight excluding hydrogens is 471 g/mol. The molecule has 3 N–H and O–H groups in total. The van der Waals surface area contributed by atoms with Crippen LogP contribution in [0.15, 0.2) is 24.4 Å². The smallest absolute Gasteiger partial charge is 0.325 e. The fourth-order valence-corrected chi connectivity index (χ4v) is 4.08. The second-order valence-corrected chi connectivity index (χ2v) is 8.96. The van der Waals surface area contributed by atoms with Crippen LogP contribution in [0.25, 0.3) is 0 Å². The van der Waals surface area contributed by atoms with Crippen LogP contribution in [-0.2, 0) is 12.7 Å². The molecule has 2 aromatic rings. The van der Waals surface area contributed by atoms with E-state index in [0.29, 0.717) is 22.8 Å². The van der Waals surface area contributed by atoms with Crippen molar-refractivity contribution in [2.45, 2.75) is 19.6 Å². The van der Waals surface area contributed by atoms with Gasteiger partial charge in [0.25, 0.3) is 5.91 Å². The number of piperazine rings is 1. The highest BCUT2D eigenvalue weighted by Gasteiger charge is 2.34. The molecule has 1 amide bonds. The van der Waals surface area contributed by atoms with Gasteiger partial charge in [-0.3, -0.25) is 15.0 Å².